The molecule has 1 aliphatic heterocycles. The van der Waals surface area contributed by atoms with Crippen LogP contribution in [0.5, 0.6) is 11.5 Å². The number of aryl methyl sites for hydroxylation is 1. The molecule has 0 aliphatic carbocycles. The maximum atomic E-state index is 13.2. The number of hydrogen-bond donors (Lipinski definition) is 1. The molecule has 2 heterocycles. The van der Waals surface area contributed by atoms with Gasteiger partial charge in [-0.1, -0.05) is 49.7 Å². The van der Waals surface area contributed by atoms with Gasteiger partial charge < -0.3 is 19.7 Å². The van der Waals surface area contributed by atoms with Gasteiger partial charge in [-0.2, -0.15) is 4.80 Å². The Morgan fingerprint density at radius 3 is 2.66 bits per heavy atom. The zero-order valence-corrected chi connectivity index (χ0v) is 20.2. The van der Waals surface area contributed by atoms with Crippen molar-refractivity contribution in [1.29, 1.82) is 0 Å². The maximum absolute atomic E-state index is 13.2. The molecule has 0 bridgehead atoms. The van der Waals surface area contributed by atoms with Crippen LogP contribution in [0.1, 0.15) is 31.4 Å². The first-order valence-electron chi connectivity index (χ1n) is 11.6. The minimum atomic E-state index is -0.297. The van der Waals surface area contributed by atoms with E-state index < -0.39 is 0 Å². The summed E-state index contributed by atoms with van der Waals surface area (Å²) in [6.45, 7) is 6.93. The highest BCUT2D eigenvalue weighted by molar-refractivity contribution is 5.84. The second-order valence-electron chi connectivity index (χ2n) is 8.98. The van der Waals surface area contributed by atoms with Gasteiger partial charge in [0, 0.05) is 18.7 Å². The average molecular weight is 479 g/mol. The molecule has 0 unspecified atom stereocenters. The molecule has 10 heteroatoms. The number of nitrogens with zero attached hydrogens (tertiary/aromatic N) is 5. The lowest BCUT2D eigenvalue weighted by molar-refractivity contribution is -0.137. The van der Waals surface area contributed by atoms with Crippen LogP contribution in [0.4, 0.5) is 0 Å². The van der Waals surface area contributed by atoms with E-state index in [0.29, 0.717) is 29.8 Å². The number of fused-ring (bicyclic) bond motifs is 1. The molecule has 2 amide bonds. The van der Waals surface area contributed by atoms with Crippen LogP contribution in [0.25, 0.3) is 11.4 Å². The van der Waals surface area contributed by atoms with Crippen molar-refractivity contribution < 1.29 is 19.1 Å². The number of carbonyl (C=O) groups is 2. The Morgan fingerprint density at radius 1 is 1.11 bits per heavy atom. The maximum Gasteiger partial charge on any atom is 0.247 e. The van der Waals surface area contributed by atoms with Crippen LogP contribution in [0, 0.1) is 12.8 Å². The van der Waals surface area contributed by atoms with E-state index in [9.17, 15) is 9.59 Å². The van der Waals surface area contributed by atoms with Crippen LogP contribution < -0.4 is 14.8 Å². The number of aromatic nitrogens is 4. The van der Waals surface area contributed by atoms with Gasteiger partial charge in [-0.05, 0) is 42.2 Å². The number of nitrogens with one attached hydrogen (secondary N) is 1. The minimum Gasteiger partial charge on any atom is -0.454 e. The molecule has 3 aromatic rings. The molecule has 4 rings (SSSR count). The summed E-state index contributed by atoms with van der Waals surface area (Å²) in [6.07, 6.45) is 0.868. The molecule has 10 nitrogen and oxygen atoms in total. The van der Waals surface area contributed by atoms with Crippen molar-refractivity contribution in [2.24, 2.45) is 5.92 Å². The van der Waals surface area contributed by atoms with E-state index in [4.69, 9.17) is 9.47 Å². The molecule has 0 atom stereocenters. The van der Waals surface area contributed by atoms with E-state index in [1.54, 1.807) is 6.07 Å². The van der Waals surface area contributed by atoms with E-state index in [-0.39, 0.29) is 38.2 Å². The van der Waals surface area contributed by atoms with Gasteiger partial charge >= 0.3 is 0 Å². The zero-order chi connectivity index (χ0) is 24.8. The predicted octanol–water partition coefficient (Wildman–Crippen LogP) is 2.57. The van der Waals surface area contributed by atoms with Crippen molar-refractivity contribution in [2.45, 2.75) is 40.3 Å². The third-order valence-corrected chi connectivity index (χ3v) is 5.58. The lowest BCUT2D eigenvalue weighted by Crippen LogP contribution is -2.42. The SMILES string of the molecule is Cc1ccc(-c2nnn(CC(=O)N(CC(=O)NCCC(C)C)Cc3ccc4c(c3)OCO4)n2)cc1. The molecular weight excluding hydrogens is 448 g/mol. The number of tetrazole rings is 1. The van der Waals surface area contributed by atoms with Crippen molar-refractivity contribution in [1.82, 2.24) is 30.4 Å². The van der Waals surface area contributed by atoms with Crippen LogP contribution >= 0.6 is 0 Å². The van der Waals surface area contributed by atoms with E-state index >= 15 is 0 Å². The molecular formula is C25H30N6O4. The highest BCUT2D eigenvalue weighted by Crippen LogP contribution is 2.32. The van der Waals surface area contributed by atoms with Crippen molar-refractivity contribution in [3.05, 3.63) is 53.6 Å². The van der Waals surface area contributed by atoms with E-state index in [0.717, 1.165) is 23.1 Å². The second-order valence-corrected chi connectivity index (χ2v) is 8.98. The van der Waals surface area contributed by atoms with Gasteiger partial charge in [0.25, 0.3) is 0 Å². The highest BCUT2D eigenvalue weighted by Gasteiger charge is 2.21. The number of rotatable bonds is 10. The van der Waals surface area contributed by atoms with Crippen molar-refractivity contribution in [3.63, 3.8) is 0 Å². The smallest absolute Gasteiger partial charge is 0.247 e. The number of amides is 2. The molecule has 0 saturated carbocycles. The molecule has 184 valence electrons. The van der Waals surface area contributed by atoms with Crippen LogP contribution in [-0.2, 0) is 22.7 Å². The molecule has 0 radical (unpaired) electrons. The average Bonchev–Trinajstić information content (AvgIpc) is 3.48. The molecule has 0 saturated heterocycles. The Balaban J connectivity index is 1.45. The summed E-state index contributed by atoms with van der Waals surface area (Å²) in [5.74, 6) is 1.68. The first-order valence-corrected chi connectivity index (χ1v) is 11.6. The first-order chi connectivity index (χ1) is 16.9. The first kappa shape index (κ1) is 24.2. The predicted molar refractivity (Wildman–Crippen MR) is 128 cm³/mol. The van der Waals surface area contributed by atoms with Crippen LogP contribution in [0.2, 0.25) is 0 Å². The molecule has 0 spiro atoms. The summed E-state index contributed by atoms with van der Waals surface area (Å²) in [5, 5.41) is 15.3. The number of hydrogen-bond acceptors (Lipinski definition) is 7. The quantitative estimate of drug-likeness (QED) is 0.477. The van der Waals surface area contributed by atoms with Crippen LogP contribution in [0.3, 0.4) is 0 Å². The number of carbonyl (C=O) groups excluding carboxylic acids is 2. The third-order valence-electron chi connectivity index (χ3n) is 5.58. The fourth-order valence-electron chi connectivity index (χ4n) is 3.57. The van der Waals surface area contributed by atoms with Crippen LogP contribution in [-0.4, -0.2) is 56.8 Å². The Kier molecular flexibility index (Phi) is 7.59. The monoisotopic (exact) mass is 478 g/mol. The van der Waals surface area contributed by atoms with Crippen LogP contribution in [0.15, 0.2) is 42.5 Å². The summed E-state index contributed by atoms with van der Waals surface area (Å²) < 4.78 is 10.8. The van der Waals surface area contributed by atoms with Gasteiger partial charge in [0.15, 0.2) is 11.5 Å². The summed E-state index contributed by atoms with van der Waals surface area (Å²) in [6, 6.07) is 13.2. The van der Waals surface area contributed by atoms with E-state index in [2.05, 4.69) is 34.6 Å². The van der Waals surface area contributed by atoms with Gasteiger partial charge in [-0.15, -0.1) is 10.2 Å². The van der Waals surface area contributed by atoms with Gasteiger partial charge in [0.1, 0.15) is 6.54 Å². The summed E-state index contributed by atoms with van der Waals surface area (Å²) in [7, 11) is 0. The number of ether oxygens (including phenoxy) is 2. The van der Waals surface area contributed by atoms with E-state index in [1.165, 1.54) is 9.70 Å². The lowest BCUT2D eigenvalue weighted by Gasteiger charge is -2.22. The van der Waals surface area contributed by atoms with Crippen molar-refractivity contribution in [3.8, 4) is 22.9 Å². The molecule has 1 N–H and O–H groups in total. The summed E-state index contributed by atoms with van der Waals surface area (Å²) >= 11 is 0. The fraction of sp³-hybridized carbons (Fsp3) is 0.400. The Bertz CT molecular complexity index is 1170. The Morgan fingerprint density at radius 2 is 1.89 bits per heavy atom. The topological polar surface area (TPSA) is 111 Å². The third kappa shape index (κ3) is 6.56. The molecule has 2 aromatic carbocycles. The molecule has 0 fully saturated rings. The lowest BCUT2D eigenvalue weighted by atomic mass is 10.1. The van der Waals surface area contributed by atoms with Gasteiger partial charge in [-0.25, -0.2) is 0 Å². The largest absolute Gasteiger partial charge is 0.454 e. The standard InChI is InChI=1S/C25H30N6O4/c1-17(2)10-11-26-23(32)14-30(13-19-6-9-21-22(12-19)35-16-34-21)24(33)15-31-28-25(27-29-31)20-7-4-18(3)5-8-20/h4-9,12,17H,10-11,13-16H2,1-3H3,(H,26,32). The van der Waals surface area contributed by atoms with Gasteiger partial charge in [0.05, 0.1) is 6.54 Å². The molecule has 1 aliphatic rings. The minimum absolute atomic E-state index is 0.0785. The van der Waals surface area contributed by atoms with Gasteiger partial charge in [-0.3, -0.25) is 9.59 Å². The second kappa shape index (κ2) is 11.0. The van der Waals surface area contributed by atoms with Gasteiger partial charge in [0.2, 0.25) is 24.4 Å². The van der Waals surface area contributed by atoms with Crippen molar-refractivity contribution >= 4 is 11.8 Å². The highest BCUT2D eigenvalue weighted by atomic mass is 16.7. The number of benzene rings is 2. The van der Waals surface area contributed by atoms with E-state index in [1.807, 2.05) is 43.3 Å². The molecule has 1 aromatic heterocycles. The normalized spacial score (nSPS) is 12.1. The molecule has 35 heavy (non-hydrogen) atoms. The summed E-state index contributed by atoms with van der Waals surface area (Å²) in [4.78, 5) is 28.5. The fourth-order valence-corrected chi connectivity index (χ4v) is 3.57. The Labute approximate surface area is 204 Å². The zero-order valence-electron chi connectivity index (χ0n) is 20.2. The Hall–Kier alpha value is -3.95. The summed E-state index contributed by atoms with van der Waals surface area (Å²) in [5.41, 5.74) is 2.77. The van der Waals surface area contributed by atoms with Crippen molar-refractivity contribution in [2.75, 3.05) is 19.9 Å².